The van der Waals surface area contributed by atoms with Gasteiger partial charge in [0.25, 0.3) is 0 Å². The second-order valence-corrected chi connectivity index (χ2v) is 5.63. The molecule has 0 atom stereocenters. The van der Waals surface area contributed by atoms with E-state index in [4.69, 9.17) is 13.9 Å². The first-order valence-electron chi connectivity index (χ1n) is 7.17. The van der Waals surface area contributed by atoms with E-state index in [0.29, 0.717) is 37.6 Å². The largest absolute Gasteiger partial charge is 0.495 e. The van der Waals surface area contributed by atoms with Gasteiger partial charge in [-0.05, 0) is 36.8 Å². The Labute approximate surface area is 143 Å². The fourth-order valence-corrected chi connectivity index (χ4v) is 2.25. The lowest BCUT2D eigenvalue weighted by Gasteiger charge is -2.11. The Hall–Kier alpha value is -1.99. The highest BCUT2D eigenvalue weighted by molar-refractivity contribution is 9.10. The molecule has 6 nitrogen and oxygen atoms in total. The summed E-state index contributed by atoms with van der Waals surface area (Å²) in [5.41, 5.74) is 0.605. The molecule has 2 aromatic rings. The molecule has 2 amide bonds. The Kier molecular flexibility index (Phi) is 6.96. The van der Waals surface area contributed by atoms with E-state index >= 15 is 0 Å². The highest BCUT2D eigenvalue weighted by Crippen LogP contribution is 2.27. The van der Waals surface area contributed by atoms with Gasteiger partial charge in [0.15, 0.2) is 0 Å². The Balaban J connectivity index is 1.64. The number of amides is 2. The zero-order valence-electron chi connectivity index (χ0n) is 12.8. The van der Waals surface area contributed by atoms with Crippen molar-refractivity contribution < 1.29 is 18.7 Å². The topological polar surface area (TPSA) is 72.7 Å². The number of carbonyl (C=O) groups is 1. The minimum absolute atomic E-state index is 0.285. The number of benzene rings is 1. The predicted molar refractivity (Wildman–Crippen MR) is 90.7 cm³/mol. The van der Waals surface area contributed by atoms with Gasteiger partial charge in [-0.3, -0.25) is 0 Å². The van der Waals surface area contributed by atoms with Crippen LogP contribution in [0.1, 0.15) is 12.2 Å². The van der Waals surface area contributed by atoms with Gasteiger partial charge in [-0.2, -0.15) is 0 Å². The lowest BCUT2D eigenvalue weighted by atomic mass is 10.3. The summed E-state index contributed by atoms with van der Waals surface area (Å²) < 4.78 is 16.7. The van der Waals surface area contributed by atoms with Gasteiger partial charge < -0.3 is 24.5 Å². The maximum Gasteiger partial charge on any atom is 0.319 e. The highest BCUT2D eigenvalue weighted by Gasteiger charge is 2.07. The number of ether oxygens (including phenoxy) is 2. The van der Waals surface area contributed by atoms with Gasteiger partial charge in [-0.1, -0.05) is 15.9 Å². The Bertz CT molecular complexity index is 617. The normalized spacial score (nSPS) is 10.3. The molecule has 0 aliphatic carbocycles. The summed E-state index contributed by atoms with van der Waals surface area (Å²) in [6, 6.07) is 8.80. The molecule has 23 heavy (non-hydrogen) atoms. The van der Waals surface area contributed by atoms with Gasteiger partial charge in [0.2, 0.25) is 0 Å². The molecular formula is C16H19BrN2O4. The molecule has 2 N–H and O–H groups in total. The standard InChI is InChI=1S/C16H19BrN2O4/c1-21-15-6-5-12(17)10-14(15)19-16(20)18-7-3-8-22-11-13-4-2-9-23-13/h2,4-6,9-10H,3,7-8,11H2,1H3,(H2,18,19,20). The van der Waals surface area contributed by atoms with Crippen LogP contribution in [0, 0.1) is 0 Å². The molecule has 0 saturated carbocycles. The molecule has 124 valence electrons. The molecule has 2 rings (SSSR count). The summed E-state index contributed by atoms with van der Waals surface area (Å²) in [7, 11) is 1.56. The molecule has 0 spiro atoms. The summed E-state index contributed by atoms with van der Waals surface area (Å²) in [6.45, 7) is 1.50. The van der Waals surface area contributed by atoms with Gasteiger partial charge in [0, 0.05) is 17.6 Å². The van der Waals surface area contributed by atoms with Gasteiger partial charge in [0.1, 0.15) is 18.1 Å². The quantitative estimate of drug-likeness (QED) is 0.681. The number of urea groups is 1. The molecule has 0 unspecified atom stereocenters. The lowest BCUT2D eigenvalue weighted by molar-refractivity contribution is 0.104. The van der Waals surface area contributed by atoms with Crippen LogP contribution in [0.2, 0.25) is 0 Å². The van der Waals surface area contributed by atoms with Gasteiger partial charge >= 0.3 is 6.03 Å². The molecule has 7 heteroatoms. The second-order valence-electron chi connectivity index (χ2n) is 4.71. The molecule has 0 aliphatic rings. The molecule has 0 saturated heterocycles. The fourth-order valence-electron chi connectivity index (χ4n) is 1.89. The van der Waals surface area contributed by atoms with Crippen molar-refractivity contribution in [2.24, 2.45) is 0 Å². The molecular weight excluding hydrogens is 364 g/mol. The molecule has 1 aromatic heterocycles. The summed E-state index contributed by atoms with van der Waals surface area (Å²) in [5, 5.41) is 5.53. The van der Waals surface area contributed by atoms with E-state index in [2.05, 4.69) is 26.6 Å². The minimum atomic E-state index is -0.285. The second kappa shape index (κ2) is 9.22. The van der Waals surface area contributed by atoms with Crippen LogP contribution in [0.3, 0.4) is 0 Å². The lowest BCUT2D eigenvalue weighted by Crippen LogP contribution is -2.30. The number of hydrogen-bond donors (Lipinski definition) is 2. The van der Waals surface area contributed by atoms with Crippen LogP contribution in [-0.4, -0.2) is 26.3 Å². The third-order valence-corrected chi connectivity index (χ3v) is 3.48. The van der Waals surface area contributed by atoms with Gasteiger partial charge in [0.05, 0.1) is 19.1 Å². The van der Waals surface area contributed by atoms with Crippen molar-refractivity contribution in [2.45, 2.75) is 13.0 Å². The van der Waals surface area contributed by atoms with E-state index in [1.54, 1.807) is 25.5 Å². The van der Waals surface area contributed by atoms with E-state index in [1.165, 1.54) is 0 Å². The van der Waals surface area contributed by atoms with Crippen LogP contribution >= 0.6 is 15.9 Å². The Morgan fingerprint density at radius 3 is 2.96 bits per heavy atom. The van der Waals surface area contributed by atoms with Crippen LogP contribution in [0.15, 0.2) is 45.5 Å². The van der Waals surface area contributed by atoms with E-state index < -0.39 is 0 Å². The minimum Gasteiger partial charge on any atom is -0.495 e. The van der Waals surface area contributed by atoms with E-state index in [-0.39, 0.29) is 6.03 Å². The van der Waals surface area contributed by atoms with Crippen molar-refractivity contribution in [3.8, 4) is 5.75 Å². The summed E-state index contributed by atoms with van der Waals surface area (Å²) >= 11 is 3.36. The molecule has 0 bridgehead atoms. The number of methoxy groups -OCH3 is 1. The SMILES string of the molecule is COc1ccc(Br)cc1NC(=O)NCCCOCc1ccco1. The molecule has 0 aliphatic heterocycles. The van der Waals surface area contributed by atoms with Crippen LogP contribution in [0.25, 0.3) is 0 Å². The highest BCUT2D eigenvalue weighted by atomic mass is 79.9. The number of anilines is 1. The third-order valence-electron chi connectivity index (χ3n) is 2.99. The first-order chi connectivity index (χ1) is 11.2. The van der Waals surface area contributed by atoms with Crippen LogP contribution in [-0.2, 0) is 11.3 Å². The zero-order chi connectivity index (χ0) is 16.5. The van der Waals surface area contributed by atoms with Crippen molar-refractivity contribution in [1.29, 1.82) is 0 Å². The van der Waals surface area contributed by atoms with Crippen LogP contribution in [0.4, 0.5) is 10.5 Å². The maximum absolute atomic E-state index is 11.9. The molecule has 1 aromatic carbocycles. The smallest absolute Gasteiger partial charge is 0.319 e. The maximum atomic E-state index is 11.9. The Morgan fingerprint density at radius 2 is 2.22 bits per heavy atom. The molecule has 0 fully saturated rings. The first-order valence-corrected chi connectivity index (χ1v) is 7.97. The van der Waals surface area contributed by atoms with Crippen LogP contribution in [0.5, 0.6) is 5.75 Å². The van der Waals surface area contributed by atoms with E-state index in [1.807, 2.05) is 18.2 Å². The summed E-state index contributed by atoms with van der Waals surface area (Å²) in [4.78, 5) is 11.9. The van der Waals surface area contributed by atoms with Crippen molar-refractivity contribution in [3.05, 3.63) is 46.8 Å². The van der Waals surface area contributed by atoms with Crippen molar-refractivity contribution in [1.82, 2.24) is 5.32 Å². The van der Waals surface area contributed by atoms with Gasteiger partial charge in [-0.15, -0.1) is 0 Å². The number of rotatable bonds is 8. The van der Waals surface area contributed by atoms with Crippen molar-refractivity contribution in [2.75, 3.05) is 25.6 Å². The number of carbonyl (C=O) groups excluding carboxylic acids is 1. The fraction of sp³-hybridized carbons (Fsp3) is 0.312. The summed E-state index contributed by atoms with van der Waals surface area (Å²) in [6.07, 6.45) is 2.32. The average molecular weight is 383 g/mol. The monoisotopic (exact) mass is 382 g/mol. The number of nitrogens with one attached hydrogen (secondary N) is 2. The summed E-state index contributed by atoms with van der Waals surface area (Å²) in [5.74, 6) is 1.39. The van der Waals surface area contributed by atoms with E-state index in [9.17, 15) is 4.79 Å². The van der Waals surface area contributed by atoms with Crippen molar-refractivity contribution >= 4 is 27.6 Å². The third kappa shape index (κ3) is 5.96. The number of halogens is 1. The molecule has 1 heterocycles. The predicted octanol–water partition coefficient (Wildman–Crippen LogP) is 3.78. The molecule has 0 radical (unpaired) electrons. The van der Waals surface area contributed by atoms with Crippen molar-refractivity contribution in [3.63, 3.8) is 0 Å². The first kappa shape index (κ1) is 17.4. The van der Waals surface area contributed by atoms with Crippen LogP contribution < -0.4 is 15.4 Å². The van der Waals surface area contributed by atoms with Gasteiger partial charge in [-0.25, -0.2) is 4.79 Å². The Morgan fingerprint density at radius 1 is 1.35 bits per heavy atom. The number of hydrogen-bond acceptors (Lipinski definition) is 4. The van der Waals surface area contributed by atoms with E-state index in [0.717, 1.165) is 10.2 Å². The zero-order valence-corrected chi connectivity index (χ0v) is 14.4. The number of furan rings is 1. The average Bonchev–Trinajstić information content (AvgIpc) is 3.04.